The lowest BCUT2D eigenvalue weighted by Crippen LogP contribution is -2.12. The van der Waals surface area contributed by atoms with Crippen molar-refractivity contribution >= 4 is 21.4 Å². The molecule has 10 heteroatoms. The maximum atomic E-state index is 13.0. The number of anilines is 1. The van der Waals surface area contributed by atoms with Crippen molar-refractivity contribution in [1.82, 2.24) is 9.97 Å². The number of hydrogen-bond donors (Lipinski definition) is 1. The zero-order valence-corrected chi connectivity index (χ0v) is 18.3. The van der Waals surface area contributed by atoms with Crippen molar-refractivity contribution in [2.45, 2.75) is 10.9 Å². The van der Waals surface area contributed by atoms with Crippen molar-refractivity contribution < 1.29 is 26.7 Å². The first-order valence-electron chi connectivity index (χ1n) is 9.94. The van der Waals surface area contributed by atoms with Crippen molar-refractivity contribution in [3.63, 3.8) is 0 Å². The highest BCUT2D eigenvalue weighted by Crippen LogP contribution is 2.21. The number of ether oxygens (including phenoxy) is 1. The Kier molecular flexibility index (Phi) is 6.60. The molecular weight excluding hydrogens is 464 g/mol. The average molecular weight is 481 g/mol. The second-order valence-electron chi connectivity index (χ2n) is 7.15. The maximum Gasteiger partial charge on any atom is 0.255 e. The van der Waals surface area contributed by atoms with Crippen LogP contribution in [0.2, 0.25) is 0 Å². The van der Waals surface area contributed by atoms with E-state index in [1.54, 1.807) is 0 Å². The Balaban J connectivity index is 1.44. The summed E-state index contributed by atoms with van der Waals surface area (Å²) >= 11 is 0. The predicted octanol–water partition coefficient (Wildman–Crippen LogP) is 4.77. The number of rotatable bonds is 7. The molecule has 0 spiro atoms. The van der Waals surface area contributed by atoms with Crippen LogP contribution in [0.15, 0.2) is 90.2 Å². The summed E-state index contributed by atoms with van der Waals surface area (Å²) in [5.41, 5.74) is 1.15. The van der Waals surface area contributed by atoms with Crippen LogP contribution in [-0.2, 0) is 15.6 Å². The largest absolute Gasteiger partial charge is 0.439 e. The Morgan fingerprint density at radius 3 is 2.12 bits per heavy atom. The van der Waals surface area contributed by atoms with E-state index < -0.39 is 38.3 Å². The topological polar surface area (TPSA) is 98.2 Å². The van der Waals surface area contributed by atoms with E-state index >= 15 is 0 Å². The van der Waals surface area contributed by atoms with Gasteiger partial charge in [-0.25, -0.2) is 22.2 Å². The molecule has 1 aromatic heterocycles. The Hall–Kier alpha value is -4.18. The third-order valence-corrected chi connectivity index (χ3v) is 6.06. The maximum absolute atomic E-state index is 13.0. The number of sulfone groups is 1. The molecule has 0 aliphatic carbocycles. The molecule has 3 aromatic carbocycles. The molecule has 1 heterocycles. The molecule has 1 amide bonds. The van der Waals surface area contributed by atoms with E-state index in [4.69, 9.17) is 4.74 Å². The molecule has 0 aliphatic heterocycles. The first kappa shape index (κ1) is 23.0. The summed E-state index contributed by atoms with van der Waals surface area (Å²) in [5, 5.41) is 2.20. The van der Waals surface area contributed by atoms with Gasteiger partial charge in [0.05, 0.1) is 5.75 Å². The van der Waals surface area contributed by atoms with E-state index in [0.717, 1.165) is 0 Å². The molecule has 0 unspecified atom stereocenters. The number of halogens is 2. The van der Waals surface area contributed by atoms with Crippen LogP contribution in [-0.4, -0.2) is 24.3 Å². The third kappa shape index (κ3) is 5.78. The van der Waals surface area contributed by atoms with Gasteiger partial charge in [0.1, 0.15) is 17.4 Å². The standard InChI is InChI=1S/C24H17F2N3O4S/c25-18-5-9-20(10-6-18)28-23(30)17-3-1-16(2-4-17)15-34(31,32)24-27-14-13-22(29-24)33-21-11-7-19(26)8-12-21/h1-14H,15H2,(H,28,30). The van der Waals surface area contributed by atoms with Crippen LogP contribution in [0.25, 0.3) is 0 Å². The lowest BCUT2D eigenvalue weighted by molar-refractivity contribution is 0.102. The molecule has 0 saturated carbocycles. The molecule has 4 aromatic rings. The molecule has 4 rings (SSSR count). The number of benzene rings is 3. The minimum atomic E-state index is -3.92. The summed E-state index contributed by atoms with van der Waals surface area (Å²) in [5.74, 6) is -1.38. The molecule has 1 N–H and O–H groups in total. The second-order valence-corrected chi connectivity index (χ2v) is 9.03. The quantitative estimate of drug-likeness (QED) is 0.382. The van der Waals surface area contributed by atoms with Gasteiger partial charge in [0.25, 0.3) is 11.1 Å². The SMILES string of the molecule is O=C(Nc1ccc(F)cc1)c1ccc(CS(=O)(=O)c2nccc(Oc3ccc(F)cc3)n2)cc1. The fourth-order valence-corrected chi connectivity index (χ4v) is 4.14. The second kappa shape index (κ2) is 9.75. The number of nitrogens with one attached hydrogen (secondary N) is 1. The first-order valence-corrected chi connectivity index (χ1v) is 11.6. The lowest BCUT2D eigenvalue weighted by Gasteiger charge is -2.08. The molecule has 0 saturated heterocycles. The minimum absolute atomic E-state index is 0.00649. The summed E-state index contributed by atoms with van der Waals surface area (Å²) in [6, 6.07) is 17.9. The Morgan fingerprint density at radius 2 is 1.47 bits per heavy atom. The Labute approximate surface area is 194 Å². The highest BCUT2D eigenvalue weighted by atomic mass is 32.2. The molecule has 34 heavy (non-hydrogen) atoms. The average Bonchev–Trinajstić information content (AvgIpc) is 2.82. The van der Waals surface area contributed by atoms with Gasteiger partial charge in [0, 0.05) is 23.5 Å². The molecular formula is C24H17F2N3O4S. The normalized spacial score (nSPS) is 11.1. The predicted molar refractivity (Wildman–Crippen MR) is 120 cm³/mol. The Morgan fingerprint density at radius 1 is 0.853 bits per heavy atom. The molecule has 0 atom stereocenters. The van der Waals surface area contributed by atoms with Crippen molar-refractivity contribution in [3.05, 3.63) is 108 Å². The van der Waals surface area contributed by atoms with Gasteiger partial charge in [-0.3, -0.25) is 4.79 Å². The van der Waals surface area contributed by atoms with Gasteiger partial charge in [0.15, 0.2) is 0 Å². The van der Waals surface area contributed by atoms with Crippen molar-refractivity contribution in [2.75, 3.05) is 5.32 Å². The van der Waals surface area contributed by atoms with Crippen LogP contribution in [0.3, 0.4) is 0 Å². The molecule has 0 radical (unpaired) electrons. The third-order valence-electron chi connectivity index (χ3n) is 4.60. The zero-order chi connectivity index (χ0) is 24.1. The molecule has 0 aliphatic rings. The number of amides is 1. The van der Waals surface area contributed by atoms with Crippen molar-refractivity contribution in [3.8, 4) is 11.6 Å². The summed E-state index contributed by atoms with van der Waals surface area (Å²) in [4.78, 5) is 20.1. The van der Waals surface area contributed by atoms with Crippen LogP contribution < -0.4 is 10.1 Å². The highest BCUT2D eigenvalue weighted by molar-refractivity contribution is 7.90. The summed E-state index contributed by atoms with van der Waals surface area (Å²) in [6.45, 7) is 0. The van der Waals surface area contributed by atoms with Gasteiger partial charge in [-0.15, -0.1) is 0 Å². The van der Waals surface area contributed by atoms with E-state index in [0.29, 0.717) is 16.8 Å². The van der Waals surface area contributed by atoms with E-state index in [1.807, 2.05) is 0 Å². The van der Waals surface area contributed by atoms with Gasteiger partial charge in [-0.05, 0) is 66.2 Å². The van der Waals surface area contributed by atoms with Gasteiger partial charge in [-0.1, -0.05) is 12.1 Å². The van der Waals surface area contributed by atoms with E-state index in [1.165, 1.54) is 85.1 Å². The molecule has 0 fully saturated rings. The fraction of sp³-hybridized carbons (Fsp3) is 0.0417. The monoisotopic (exact) mass is 481 g/mol. The van der Waals surface area contributed by atoms with Gasteiger partial charge in [0.2, 0.25) is 15.7 Å². The van der Waals surface area contributed by atoms with Crippen molar-refractivity contribution in [1.29, 1.82) is 0 Å². The summed E-state index contributed by atoms with van der Waals surface area (Å²) in [6.07, 6.45) is 1.25. The van der Waals surface area contributed by atoms with Crippen LogP contribution in [0.1, 0.15) is 15.9 Å². The molecule has 172 valence electrons. The lowest BCUT2D eigenvalue weighted by atomic mass is 10.1. The zero-order valence-electron chi connectivity index (χ0n) is 17.5. The Bertz CT molecular complexity index is 1410. The number of carbonyl (C=O) groups is 1. The number of hydrogen-bond acceptors (Lipinski definition) is 6. The number of aromatic nitrogens is 2. The number of nitrogens with zero attached hydrogens (tertiary/aromatic N) is 2. The summed E-state index contributed by atoms with van der Waals surface area (Å²) in [7, 11) is -3.92. The highest BCUT2D eigenvalue weighted by Gasteiger charge is 2.20. The smallest absolute Gasteiger partial charge is 0.255 e. The van der Waals surface area contributed by atoms with E-state index in [2.05, 4.69) is 15.3 Å². The van der Waals surface area contributed by atoms with Gasteiger partial charge in [-0.2, -0.15) is 4.98 Å². The van der Waals surface area contributed by atoms with Crippen molar-refractivity contribution in [2.24, 2.45) is 0 Å². The van der Waals surface area contributed by atoms with Gasteiger partial charge < -0.3 is 10.1 Å². The van der Waals surface area contributed by atoms with Crippen LogP contribution >= 0.6 is 0 Å². The van der Waals surface area contributed by atoms with E-state index in [-0.39, 0.29) is 11.6 Å². The van der Waals surface area contributed by atoms with Crippen LogP contribution in [0.5, 0.6) is 11.6 Å². The van der Waals surface area contributed by atoms with Crippen LogP contribution in [0, 0.1) is 11.6 Å². The molecule has 0 bridgehead atoms. The number of carbonyl (C=O) groups excluding carboxylic acids is 1. The fourth-order valence-electron chi connectivity index (χ4n) is 2.93. The minimum Gasteiger partial charge on any atom is -0.439 e. The van der Waals surface area contributed by atoms with Gasteiger partial charge >= 0.3 is 0 Å². The summed E-state index contributed by atoms with van der Waals surface area (Å²) < 4.78 is 57.1. The van der Waals surface area contributed by atoms with Crippen LogP contribution in [0.4, 0.5) is 14.5 Å². The first-order chi connectivity index (χ1) is 16.3. The van der Waals surface area contributed by atoms with E-state index in [9.17, 15) is 22.0 Å². The molecule has 7 nitrogen and oxygen atoms in total.